The van der Waals surface area contributed by atoms with Gasteiger partial charge in [-0.25, -0.2) is 0 Å². The van der Waals surface area contributed by atoms with Gasteiger partial charge in [0.25, 0.3) is 0 Å². The molecule has 0 bridgehead atoms. The molecule has 1 aliphatic rings. The van der Waals surface area contributed by atoms with Gasteiger partial charge >= 0.3 is 0 Å². The van der Waals surface area contributed by atoms with Crippen molar-refractivity contribution in [3.05, 3.63) is 30.2 Å². The lowest BCUT2D eigenvalue weighted by Crippen LogP contribution is -2.39. The molecule has 0 radical (unpaired) electrons. The number of hydrogen-bond acceptors (Lipinski definition) is 4. The number of fused-ring (bicyclic) bond motifs is 1. The van der Waals surface area contributed by atoms with E-state index in [4.69, 9.17) is 0 Å². The Bertz CT molecular complexity index is 648. The van der Waals surface area contributed by atoms with Crippen LogP contribution in [0.4, 0.5) is 0 Å². The Balaban J connectivity index is 0.00000144. The molecule has 2 aromatic rings. The summed E-state index contributed by atoms with van der Waals surface area (Å²) in [5.74, 6) is 1.51. The van der Waals surface area contributed by atoms with Crippen LogP contribution in [0, 0.1) is 0 Å². The minimum atomic E-state index is 0. The number of carbonyl (C=O) groups is 1. The zero-order valence-corrected chi connectivity index (χ0v) is 15.5. The van der Waals surface area contributed by atoms with E-state index in [-0.39, 0.29) is 36.6 Å². The predicted molar refractivity (Wildman–Crippen MR) is 99.2 cm³/mol. The van der Waals surface area contributed by atoms with Gasteiger partial charge in [0.05, 0.1) is 0 Å². The molecule has 6 nitrogen and oxygen atoms in total. The highest BCUT2D eigenvalue weighted by molar-refractivity contribution is 5.85. The first-order valence-electron chi connectivity index (χ1n) is 8.01. The van der Waals surface area contributed by atoms with Crippen molar-refractivity contribution < 1.29 is 4.79 Å². The molecule has 3 heterocycles. The Labute approximate surface area is 154 Å². The highest BCUT2D eigenvalue weighted by Crippen LogP contribution is 2.26. The van der Waals surface area contributed by atoms with Gasteiger partial charge in [0.15, 0.2) is 5.65 Å². The normalized spacial score (nSPS) is 17.2. The number of nitrogens with one attached hydrogen (secondary N) is 1. The summed E-state index contributed by atoms with van der Waals surface area (Å²) in [5.41, 5.74) is 0.870. The topological polar surface area (TPSA) is 62.5 Å². The molecule has 1 saturated heterocycles. The summed E-state index contributed by atoms with van der Waals surface area (Å²) in [6.07, 6.45) is 5.61. The zero-order valence-electron chi connectivity index (χ0n) is 13.9. The predicted octanol–water partition coefficient (Wildman–Crippen LogP) is 2.28. The third kappa shape index (κ3) is 4.59. The molecular formula is C16H25Cl2N5O. The van der Waals surface area contributed by atoms with Crippen LogP contribution in [0.3, 0.4) is 0 Å². The standard InChI is InChI=1S/C16H23N5O.2ClH/c1-17-9-4-8-15(22)20-10-5-6-13(12-20)16-19-18-14-7-2-3-11-21(14)16;;/h2-3,7,11,13,17H,4-6,8-10,12H2,1H3;2*1H. The number of nitrogens with zero attached hydrogens (tertiary/aromatic N) is 4. The van der Waals surface area contributed by atoms with Crippen molar-refractivity contribution in [1.82, 2.24) is 24.8 Å². The number of hydrogen-bond donors (Lipinski definition) is 1. The van der Waals surface area contributed by atoms with Crippen molar-refractivity contribution in [1.29, 1.82) is 0 Å². The van der Waals surface area contributed by atoms with E-state index < -0.39 is 0 Å². The molecule has 1 fully saturated rings. The van der Waals surface area contributed by atoms with Gasteiger partial charge in [-0.05, 0) is 45.0 Å². The van der Waals surface area contributed by atoms with E-state index >= 15 is 0 Å². The Kier molecular flexibility index (Phi) is 8.45. The van der Waals surface area contributed by atoms with E-state index in [0.717, 1.165) is 50.4 Å². The minimum absolute atomic E-state index is 0. The summed E-state index contributed by atoms with van der Waals surface area (Å²) in [6.45, 7) is 2.51. The number of piperidine rings is 1. The first-order valence-corrected chi connectivity index (χ1v) is 8.01. The average molecular weight is 374 g/mol. The number of carbonyl (C=O) groups excluding carboxylic acids is 1. The maximum absolute atomic E-state index is 12.3. The quantitative estimate of drug-likeness (QED) is 0.816. The van der Waals surface area contributed by atoms with Crippen LogP contribution in [0.25, 0.3) is 5.65 Å². The lowest BCUT2D eigenvalue weighted by atomic mass is 9.97. The second kappa shape index (κ2) is 9.81. The van der Waals surface area contributed by atoms with Crippen LogP contribution in [0.15, 0.2) is 24.4 Å². The van der Waals surface area contributed by atoms with Crippen LogP contribution in [0.2, 0.25) is 0 Å². The Morgan fingerprint density at radius 1 is 1.33 bits per heavy atom. The van der Waals surface area contributed by atoms with Crippen molar-refractivity contribution >= 4 is 36.4 Å². The van der Waals surface area contributed by atoms with Crippen molar-refractivity contribution in [3.63, 3.8) is 0 Å². The van der Waals surface area contributed by atoms with Crippen LogP contribution in [0.5, 0.6) is 0 Å². The SMILES string of the molecule is CNCCCC(=O)N1CCCC(c2nnc3ccccn23)C1.Cl.Cl. The number of likely N-dealkylation sites (tertiary alicyclic amines) is 1. The van der Waals surface area contributed by atoms with Gasteiger partial charge in [-0.3, -0.25) is 9.20 Å². The van der Waals surface area contributed by atoms with Gasteiger partial charge in [-0.2, -0.15) is 0 Å². The second-order valence-corrected chi connectivity index (χ2v) is 5.87. The van der Waals surface area contributed by atoms with Gasteiger partial charge in [0, 0.05) is 31.6 Å². The van der Waals surface area contributed by atoms with Crippen molar-refractivity contribution in [2.75, 3.05) is 26.7 Å². The van der Waals surface area contributed by atoms with Gasteiger partial charge < -0.3 is 10.2 Å². The van der Waals surface area contributed by atoms with E-state index in [2.05, 4.69) is 15.5 Å². The van der Waals surface area contributed by atoms with Gasteiger partial charge in [0.2, 0.25) is 5.91 Å². The minimum Gasteiger partial charge on any atom is -0.342 e. The van der Waals surface area contributed by atoms with E-state index in [1.54, 1.807) is 0 Å². The number of rotatable bonds is 5. The Morgan fingerprint density at radius 3 is 2.96 bits per heavy atom. The molecule has 8 heteroatoms. The Morgan fingerprint density at radius 2 is 2.17 bits per heavy atom. The lowest BCUT2D eigenvalue weighted by molar-refractivity contribution is -0.132. The van der Waals surface area contributed by atoms with Crippen LogP contribution >= 0.6 is 24.8 Å². The van der Waals surface area contributed by atoms with Gasteiger partial charge in [-0.1, -0.05) is 6.07 Å². The molecule has 0 aliphatic carbocycles. The van der Waals surface area contributed by atoms with Crippen LogP contribution in [-0.2, 0) is 4.79 Å². The lowest BCUT2D eigenvalue weighted by Gasteiger charge is -2.32. The highest BCUT2D eigenvalue weighted by atomic mass is 35.5. The molecule has 1 amide bonds. The van der Waals surface area contributed by atoms with Crippen molar-refractivity contribution in [3.8, 4) is 0 Å². The van der Waals surface area contributed by atoms with Crippen molar-refractivity contribution in [2.24, 2.45) is 0 Å². The largest absolute Gasteiger partial charge is 0.342 e. The molecule has 24 heavy (non-hydrogen) atoms. The molecule has 3 rings (SSSR count). The summed E-state index contributed by atoms with van der Waals surface area (Å²) in [4.78, 5) is 14.3. The summed E-state index contributed by atoms with van der Waals surface area (Å²) in [7, 11) is 1.91. The van der Waals surface area contributed by atoms with Gasteiger partial charge in [-0.15, -0.1) is 35.0 Å². The molecule has 0 spiro atoms. The van der Waals surface area contributed by atoms with Crippen LogP contribution in [-0.4, -0.2) is 52.1 Å². The monoisotopic (exact) mass is 373 g/mol. The summed E-state index contributed by atoms with van der Waals surface area (Å²) in [6, 6.07) is 5.91. The average Bonchev–Trinajstić information content (AvgIpc) is 2.99. The molecule has 1 atom stereocenters. The summed E-state index contributed by atoms with van der Waals surface area (Å²) < 4.78 is 2.04. The summed E-state index contributed by atoms with van der Waals surface area (Å²) >= 11 is 0. The number of aromatic nitrogens is 3. The molecule has 1 unspecified atom stereocenters. The molecule has 1 aliphatic heterocycles. The third-order valence-corrected chi connectivity index (χ3v) is 4.30. The van der Waals surface area contributed by atoms with Crippen molar-refractivity contribution in [2.45, 2.75) is 31.6 Å². The Hall–Kier alpha value is -1.37. The maximum atomic E-state index is 12.3. The first-order chi connectivity index (χ1) is 10.8. The zero-order chi connectivity index (χ0) is 15.4. The molecule has 1 N–H and O–H groups in total. The van der Waals surface area contributed by atoms with Crippen LogP contribution in [0.1, 0.15) is 37.4 Å². The number of halogens is 2. The van der Waals surface area contributed by atoms with Gasteiger partial charge in [0.1, 0.15) is 5.82 Å². The maximum Gasteiger partial charge on any atom is 0.222 e. The molecular weight excluding hydrogens is 349 g/mol. The molecule has 0 aromatic carbocycles. The van der Waals surface area contributed by atoms with E-state index in [9.17, 15) is 4.79 Å². The number of pyridine rings is 1. The fourth-order valence-electron chi connectivity index (χ4n) is 3.13. The fourth-order valence-corrected chi connectivity index (χ4v) is 3.13. The smallest absolute Gasteiger partial charge is 0.222 e. The molecule has 2 aromatic heterocycles. The van der Waals surface area contributed by atoms with E-state index in [1.807, 2.05) is 40.7 Å². The highest BCUT2D eigenvalue weighted by Gasteiger charge is 2.27. The number of amides is 1. The second-order valence-electron chi connectivity index (χ2n) is 5.87. The van der Waals surface area contributed by atoms with Crippen LogP contribution < -0.4 is 5.32 Å². The van der Waals surface area contributed by atoms with E-state index in [1.165, 1.54) is 0 Å². The summed E-state index contributed by atoms with van der Waals surface area (Å²) in [5, 5.41) is 11.7. The molecule has 0 saturated carbocycles. The fraction of sp³-hybridized carbons (Fsp3) is 0.562. The van der Waals surface area contributed by atoms with E-state index in [0.29, 0.717) is 6.42 Å². The molecule has 134 valence electrons. The third-order valence-electron chi connectivity index (χ3n) is 4.30. The first kappa shape index (κ1) is 20.7.